The van der Waals surface area contributed by atoms with Crippen LogP contribution in [0.25, 0.3) is 6.08 Å². The molecule has 0 saturated carbocycles. The van der Waals surface area contributed by atoms with Crippen LogP contribution in [0.2, 0.25) is 10.0 Å². The summed E-state index contributed by atoms with van der Waals surface area (Å²) in [5, 5.41) is 23.0. The van der Waals surface area contributed by atoms with Crippen LogP contribution in [0.3, 0.4) is 0 Å². The Morgan fingerprint density at radius 3 is 2.42 bits per heavy atom. The Morgan fingerprint density at radius 2 is 1.82 bits per heavy atom. The molecule has 3 N–H and O–H groups in total. The van der Waals surface area contributed by atoms with Gasteiger partial charge in [0.25, 0.3) is 0 Å². The second-order valence-electron chi connectivity index (χ2n) is 8.93. The SMILES string of the molecule is CC(C)(CC1Cc2ccccc2C1)NC[C@H](O)COc1ccc(/C=C/C(=O)O)c(Cl)c1Cl.Cl. The molecule has 2 aromatic carbocycles. The molecule has 0 aliphatic heterocycles. The van der Waals surface area contributed by atoms with E-state index >= 15 is 0 Å². The van der Waals surface area contributed by atoms with Crippen LogP contribution in [0.1, 0.15) is 37.0 Å². The van der Waals surface area contributed by atoms with Crippen molar-refractivity contribution in [2.24, 2.45) is 5.92 Å². The number of fused-ring (bicyclic) bond motifs is 1. The molecule has 0 heterocycles. The van der Waals surface area contributed by atoms with E-state index in [0.29, 0.717) is 23.8 Å². The highest BCUT2D eigenvalue weighted by atomic mass is 35.5. The predicted molar refractivity (Wildman–Crippen MR) is 136 cm³/mol. The summed E-state index contributed by atoms with van der Waals surface area (Å²) >= 11 is 12.4. The van der Waals surface area contributed by atoms with E-state index in [9.17, 15) is 9.90 Å². The first-order valence-electron chi connectivity index (χ1n) is 10.7. The number of hydrogen-bond acceptors (Lipinski definition) is 4. The molecule has 0 spiro atoms. The Hall–Kier alpha value is -1.76. The number of halogens is 3. The Morgan fingerprint density at radius 1 is 1.18 bits per heavy atom. The summed E-state index contributed by atoms with van der Waals surface area (Å²) in [6.07, 6.45) is 4.84. The van der Waals surface area contributed by atoms with Gasteiger partial charge in [-0.25, -0.2) is 4.79 Å². The van der Waals surface area contributed by atoms with Gasteiger partial charge >= 0.3 is 5.97 Å². The van der Waals surface area contributed by atoms with Crippen LogP contribution in [0.15, 0.2) is 42.5 Å². The van der Waals surface area contributed by atoms with E-state index in [0.717, 1.165) is 25.3 Å². The minimum atomic E-state index is -1.08. The van der Waals surface area contributed by atoms with Crippen LogP contribution in [0, 0.1) is 5.92 Å². The topological polar surface area (TPSA) is 78.8 Å². The lowest BCUT2D eigenvalue weighted by Gasteiger charge is -2.30. The predicted octanol–water partition coefficient (Wildman–Crippen LogP) is 5.43. The van der Waals surface area contributed by atoms with E-state index in [2.05, 4.69) is 43.4 Å². The first-order valence-corrected chi connectivity index (χ1v) is 11.4. The Kier molecular flexibility index (Phi) is 10.1. The standard InChI is InChI=1S/C25H29Cl2NO4.ClH/c1-25(2,13-16-11-18-5-3-4-6-19(18)12-16)28-14-20(29)15-32-21-9-7-17(8-10-22(30)31)23(26)24(21)27;/h3-10,16,20,28-29H,11-15H2,1-2H3,(H,30,31);1H/b10-8+;/t20-;/m0./s1. The zero-order valence-electron chi connectivity index (χ0n) is 18.7. The van der Waals surface area contributed by atoms with E-state index in [-0.39, 0.29) is 34.6 Å². The minimum absolute atomic E-state index is 0. The lowest BCUT2D eigenvalue weighted by molar-refractivity contribution is -0.131. The van der Waals surface area contributed by atoms with Gasteiger partial charge < -0.3 is 20.3 Å². The summed E-state index contributed by atoms with van der Waals surface area (Å²) in [5.74, 6) is -0.141. The summed E-state index contributed by atoms with van der Waals surface area (Å²) in [4.78, 5) is 10.7. The summed E-state index contributed by atoms with van der Waals surface area (Å²) in [6.45, 7) is 4.75. The van der Waals surface area contributed by atoms with Crippen LogP contribution >= 0.6 is 35.6 Å². The molecule has 33 heavy (non-hydrogen) atoms. The largest absolute Gasteiger partial charge is 0.489 e. The zero-order valence-corrected chi connectivity index (χ0v) is 21.0. The van der Waals surface area contributed by atoms with Crippen molar-refractivity contribution in [3.05, 3.63) is 69.2 Å². The molecule has 0 bridgehead atoms. The summed E-state index contributed by atoms with van der Waals surface area (Å²) in [6, 6.07) is 11.8. The highest BCUT2D eigenvalue weighted by Crippen LogP contribution is 2.35. The highest BCUT2D eigenvalue weighted by Gasteiger charge is 2.28. The first kappa shape index (κ1) is 27.5. The number of ether oxygens (including phenoxy) is 1. The van der Waals surface area contributed by atoms with Gasteiger partial charge in [0.2, 0.25) is 0 Å². The van der Waals surface area contributed by atoms with Crippen molar-refractivity contribution >= 4 is 47.7 Å². The molecule has 8 heteroatoms. The Labute approximate surface area is 211 Å². The number of carbonyl (C=O) groups is 1. The number of rotatable bonds is 10. The fourth-order valence-electron chi connectivity index (χ4n) is 4.18. The second-order valence-corrected chi connectivity index (χ2v) is 9.69. The van der Waals surface area contributed by atoms with Crippen molar-refractivity contribution < 1.29 is 19.7 Å². The normalized spacial score (nSPS) is 14.7. The lowest BCUT2D eigenvalue weighted by Crippen LogP contribution is -2.46. The monoisotopic (exact) mass is 513 g/mol. The molecule has 1 atom stereocenters. The van der Waals surface area contributed by atoms with Gasteiger partial charge in [0.1, 0.15) is 23.5 Å². The Balaban J connectivity index is 0.00000385. The molecule has 0 saturated heterocycles. The fraction of sp³-hybridized carbons (Fsp3) is 0.400. The number of carboxylic acid groups (broad SMARTS) is 1. The molecule has 5 nitrogen and oxygen atoms in total. The minimum Gasteiger partial charge on any atom is -0.489 e. The van der Waals surface area contributed by atoms with E-state index < -0.39 is 12.1 Å². The molecule has 0 aromatic heterocycles. The summed E-state index contributed by atoms with van der Waals surface area (Å²) < 4.78 is 5.65. The quantitative estimate of drug-likeness (QED) is 0.369. The van der Waals surface area contributed by atoms with Crippen molar-refractivity contribution in [2.75, 3.05) is 13.2 Å². The van der Waals surface area contributed by atoms with Crippen molar-refractivity contribution in [3.63, 3.8) is 0 Å². The summed E-state index contributed by atoms with van der Waals surface area (Å²) in [5.41, 5.74) is 3.25. The molecule has 1 aliphatic rings. The van der Waals surface area contributed by atoms with E-state index in [1.807, 2.05) is 0 Å². The van der Waals surface area contributed by atoms with Crippen molar-refractivity contribution in [2.45, 2.75) is 44.8 Å². The van der Waals surface area contributed by atoms with Gasteiger partial charge in [0.05, 0.1) is 5.02 Å². The van der Waals surface area contributed by atoms with E-state index in [1.54, 1.807) is 12.1 Å². The molecular formula is C25H30Cl3NO4. The molecule has 1 aliphatic carbocycles. The number of carboxylic acids is 1. The van der Waals surface area contributed by atoms with Crippen molar-refractivity contribution in [1.29, 1.82) is 0 Å². The van der Waals surface area contributed by atoms with Crippen molar-refractivity contribution in [1.82, 2.24) is 5.32 Å². The third-order valence-electron chi connectivity index (χ3n) is 5.66. The molecule has 0 radical (unpaired) electrons. The van der Waals surface area contributed by atoms with Crippen LogP contribution in [-0.2, 0) is 17.6 Å². The maximum absolute atomic E-state index is 10.7. The molecule has 0 unspecified atom stereocenters. The third-order valence-corrected chi connectivity index (χ3v) is 6.54. The molecule has 3 rings (SSSR count). The van der Waals surface area contributed by atoms with Gasteiger partial charge in [-0.15, -0.1) is 12.4 Å². The smallest absolute Gasteiger partial charge is 0.328 e. The fourth-order valence-corrected chi connectivity index (χ4v) is 4.62. The third kappa shape index (κ3) is 7.90. The van der Waals surface area contributed by atoms with Crippen LogP contribution < -0.4 is 10.1 Å². The maximum atomic E-state index is 10.7. The number of β-amino-alcohol motifs (C(OH)–C–C–N with tert-alkyl or cyclic N) is 1. The van der Waals surface area contributed by atoms with Gasteiger partial charge in [-0.3, -0.25) is 0 Å². The second kappa shape index (κ2) is 12.1. The zero-order chi connectivity index (χ0) is 23.3. The van der Waals surface area contributed by atoms with E-state index in [1.165, 1.54) is 17.2 Å². The van der Waals surface area contributed by atoms with Gasteiger partial charge in [-0.05, 0) is 73.9 Å². The molecule has 0 amide bonds. The number of hydrogen-bond donors (Lipinski definition) is 3. The lowest BCUT2D eigenvalue weighted by atomic mass is 9.88. The molecular weight excluding hydrogens is 485 g/mol. The van der Waals surface area contributed by atoms with Crippen LogP contribution in [-0.4, -0.2) is 41.0 Å². The van der Waals surface area contributed by atoms with Gasteiger partial charge in [0.15, 0.2) is 0 Å². The average molecular weight is 515 g/mol. The van der Waals surface area contributed by atoms with Gasteiger partial charge in [-0.1, -0.05) is 47.5 Å². The number of benzene rings is 2. The molecule has 180 valence electrons. The van der Waals surface area contributed by atoms with Gasteiger partial charge in [-0.2, -0.15) is 0 Å². The van der Waals surface area contributed by atoms with Crippen molar-refractivity contribution in [3.8, 4) is 5.75 Å². The van der Waals surface area contributed by atoms with Crippen LogP contribution in [0.4, 0.5) is 0 Å². The summed E-state index contributed by atoms with van der Waals surface area (Å²) in [7, 11) is 0. The number of aliphatic carboxylic acids is 1. The van der Waals surface area contributed by atoms with E-state index in [4.69, 9.17) is 33.0 Å². The molecule has 2 aromatic rings. The number of nitrogens with one attached hydrogen (secondary N) is 1. The number of aliphatic hydroxyl groups excluding tert-OH is 1. The first-order chi connectivity index (χ1) is 15.1. The number of aliphatic hydroxyl groups is 1. The van der Waals surface area contributed by atoms with Gasteiger partial charge in [0, 0.05) is 18.2 Å². The average Bonchev–Trinajstić information content (AvgIpc) is 3.14. The Bertz CT molecular complexity index is 969. The maximum Gasteiger partial charge on any atom is 0.328 e. The van der Waals surface area contributed by atoms with Crippen LogP contribution in [0.5, 0.6) is 5.75 Å². The molecule has 0 fully saturated rings. The highest BCUT2D eigenvalue weighted by molar-refractivity contribution is 6.43.